The van der Waals surface area contributed by atoms with Gasteiger partial charge in [0, 0.05) is 32.1 Å². The number of carbonyl (C=O) groups excluding carboxylic acids is 2. The molecular weight excluding hydrogens is 530 g/mol. The summed E-state index contributed by atoms with van der Waals surface area (Å²) in [5.41, 5.74) is 3.60. The third-order valence-corrected chi connectivity index (χ3v) is 8.69. The van der Waals surface area contributed by atoms with Crippen LogP contribution in [0.1, 0.15) is 55.7 Å². The highest BCUT2D eigenvalue weighted by molar-refractivity contribution is 5.90. The fourth-order valence-electron chi connectivity index (χ4n) is 5.94. The second kappa shape index (κ2) is 12.4. The molecule has 3 aromatic carbocycles. The molecule has 1 aliphatic heterocycles. The molecule has 2 amide bonds. The normalized spacial score (nSPS) is 16.2. The number of nitrogens with one attached hydrogen (secondary N) is 2. The molecule has 1 saturated heterocycles. The third kappa shape index (κ3) is 6.34. The van der Waals surface area contributed by atoms with Crippen molar-refractivity contribution in [1.29, 1.82) is 0 Å². The molecule has 0 bridgehead atoms. The van der Waals surface area contributed by atoms with Gasteiger partial charge in [0.05, 0.1) is 5.41 Å². The van der Waals surface area contributed by atoms with Gasteiger partial charge in [-0.05, 0) is 60.9 Å². The first-order valence-corrected chi connectivity index (χ1v) is 14.6. The molecule has 0 aromatic heterocycles. The maximum atomic E-state index is 13.6. The minimum Gasteiger partial charge on any atom is -0.481 e. The molecule has 0 spiro atoms. The van der Waals surface area contributed by atoms with Gasteiger partial charge in [0.25, 0.3) is 0 Å². The average molecular weight is 570 g/mol. The molecule has 1 heterocycles. The lowest BCUT2D eigenvalue weighted by Crippen LogP contribution is -2.63. The van der Waals surface area contributed by atoms with E-state index in [1.165, 1.54) is 5.56 Å². The van der Waals surface area contributed by atoms with Gasteiger partial charge in [-0.15, -0.1) is 0 Å². The van der Waals surface area contributed by atoms with E-state index in [-0.39, 0.29) is 31.4 Å². The summed E-state index contributed by atoms with van der Waals surface area (Å²) in [6.07, 6.45) is 0.473. The zero-order valence-corrected chi connectivity index (χ0v) is 24.3. The van der Waals surface area contributed by atoms with E-state index >= 15 is 0 Å². The predicted molar refractivity (Wildman–Crippen MR) is 161 cm³/mol. The van der Waals surface area contributed by atoms with Gasteiger partial charge in [-0.3, -0.25) is 14.5 Å². The van der Waals surface area contributed by atoms with Gasteiger partial charge < -0.3 is 20.5 Å². The summed E-state index contributed by atoms with van der Waals surface area (Å²) in [5.74, 6) is -1.31. The van der Waals surface area contributed by atoms with Gasteiger partial charge in [-0.25, -0.2) is 4.79 Å². The fourth-order valence-corrected chi connectivity index (χ4v) is 5.94. The monoisotopic (exact) mass is 569 g/mol. The van der Waals surface area contributed by atoms with Crippen LogP contribution in [0.2, 0.25) is 0 Å². The number of hydrogen-bond acceptors (Lipinski definition) is 5. The van der Waals surface area contributed by atoms with Gasteiger partial charge in [-0.2, -0.15) is 0 Å². The number of amides is 2. The summed E-state index contributed by atoms with van der Waals surface area (Å²) in [5, 5.41) is 15.3. The number of benzene rings is 3. The molecule has 8 heteroatoms. The van der Waals surface area contributed by atoms with Gasteiger partial charge in [0.1, 0.15) is 12.1 Å². The van der Waals surface area contributed by atoms with Crippen LogP contribution in [-0.2, 0) is 20.9 Å². The zero-order chi connectivity index (χ0) is 29.7. The standard InChI is InChI=1S/C34H39N3O5/c1-33(2,31(39)40)16-19-35-30(38)34(17-20-37(21-18-34)22-24-10-4-3-5-11-24)36-32(41)42-23-29-27-14-8-6-12-25(27)26-13-7-9-15-28(26)29/h3-15,29H,16-23H2,1-2H3,(H,35,38)(H,36,41)(H,39,40). The number of piperidine rings is 1. The highest BCUT2D eigenvalue weighted by Crippen LogP contribution is 2.44. The Morgan fingerprint density at radius 2 is 1.48 bits per heavy atom. The van der Waals surface area contributed by atoms with Crippen molar-refractivity contribution in [2.45, 2.75) is 51.1 Å². The van der Waals surface area contributed by atoms with Gasteiger partial charge in [0.15, 0.2) is 0 Å². The van der Waals surface area contributed by atoms with Crippen molar-refractivity contribution in [1.82, 2.24) is 15.5 Å². The van der Waals surface area contributed by atoms with E-state index in [0.717, 1.165) is 28.8 Å². The predicted octanol–water partition coefficient (Wildman–Crippen LogP) is 5.18. The molecule has 0 radical (unpaired) electrons. The number of carbonyl (C=O) groups is 3. The van der Waals surface area contributed by atoms with Crippen molar-refractivity contribution >= 4 is 18.0 Å². The lowest BCUT2D eigenvalue weighted by molar-refractivity contribution is -0.147. The number of ether oxygens (including phenoxy) is 1. The fraction of sp³-hybridized carbons (Fsp3) is 0.382. The van der Waals surface area contributed by atoms with Crippen molar-refractivity contribution in [3.63, 3.8) is 0 Å². The molecule has 0 unspecified atom stereocenters. The number of hydrogen-bond donors (Lipinski definition) is 3. The Hall–Kier alpha value is -4.17. The molecule has 42 heavy (non-hydrogen) atoms. The Balaban J connectivity index is 1.26. The summed E-state index contributed by atoms with van der Waals surface area (Å²) in [4.78, 5) is 40.7. The maximum absolute atomic E-state index is 13.6. The van der Waals surface area contributed by atoms with Crippen LogP contribution < -0.4 is 10.6 Å². The summed E-state index contributed by atoms with van der Waals surface area (Å²) < 4.78 is 5.81. The molecule has 0 atom stereocenters. The molecule has 1 aliphatic carbocycles. The zero-order valence-electron chi connectivity index (χ0n) is 24.3. The Bertz CT molecular complexity index is 1380. The van der Waals surface area contributed by atoms with Crippen LogP contribution in [-0.4, -0.2) is 59.8 Å². The molecule has 1 fully saturated rings. The van der Waals surface area contributed by atoms with Crippen LogP contribution >= 0.6 is 0 Å². The molecule has 5 rings (SSSR count). The molecule has 2 aliphatic rings. The largest absolute Gasteiger partial charge is 0.481 e. The Morgan fingerprint density at radius 1 is 0.905 bits per heavy atom. The maximum Gasteiger partial charge on any atom is 0.408 e. The molecule has 3 N–H and O–H groups in total. The third-order valence-electron chi connectivity index (χ3n) is 8.69. The first-order chi connectivity index (χ1) is 20.2. The molecule has 0 saturated carbocycles. The lowest BCUT2D eigenvalue weighted by atomic mass is 9.85. The van der Waals surface area contributed by atoms with E-state index in [1.807, 2.05) is 42.5 Å². The SMILES string of the molecule is CC(C)(CCNC(=O)C1(NC(=O)OCC2c3ccccc3-c3ccccc32)CCN(Cc2ccccc2)CC1)C(=O)O. The molecule has 8 nitrogen and oxygen atoms in total. The van der Waals surface area contributed by atoms with Crippen molar-refractivity contribution < 1.29 is 24.2 Å². The Kier molecular flexibility index (Phi) is 8.64. The second-order valence-corrected chi connectivity index (χ2v) is 12.0. The van der Waals surface area contributed by atoms with Gasteiger partial charge in [-0.1, -0.05) is 78.9 Å². The summed E-state index contributed by atoms with van der Waals surface area (Å²) in [7, 11) is 0. The van der Waals surface area contributed by atoms with Crippen LogP contribution in [0, 0.1) is 5.41 Å². The summed E-state index contributed by atoms with van der Waals surface area (Å²) in [6, 6.07) is 26.5. The number of carboxylic acid groups (broad SMARTS) is 1. The van der Waals surface area contributed by atoms with Crippen molar-refractivity contribution in [3.8, 4) is 11.1 Å². The smallest absolute Gasteiger partial charge is 0.408 e. The summed E-state index contributed by atoms with van der Waals surface area (Å²) >= 11 is 0. The minimum absolute atomic E-state index is 0.0844. The summed E-state index contributed by atoms with van der Waals surface area (Å²) in [6.45, 7) is 5.61. The second-order valence-electron chi connectivity index (χ2n) is 12.0. The van der Waals surface area contributed by atoms with Crippen LogP contribution in [0.4, 0.5) is 4.79 Å². The van der Waals surface area contributed by atoms with E-state index in [1.54, 1.807) is 13.8 Å². The van der Waals surface area contributed by atoms with Gasteiger partial charge >= 0.3 is 12.1 Å². The van der Waals surface area contributed by atoms with Gasteiger partial charge in [0.2, 0.25) is 5.91 Å². The number of aliphatic carboxylic acids is 1. The first kappa shape index (κ1) is 29.3. The number of carboxylic acids is 1. The van der Waals surface area contributed by atoms with E-state index in [9.17, 15) is 19.5 Å². The van der Waals surface area contributed by atoms with Crippen LogP contribution in [0.5, 0.6) is 0 Å². The first-order valence-electron chi connectivity index (χ1n) is 14.6. The number of alkyl carbamates (subject to hydrolysis) is 1. The van der Waals surface area contributed by atoms with E-state index in [4.69, 9.17) is 4.74 Å². The number of nitrogens with zero attached hydrogens (tertiary/aromatic N) is 1. The molecule has 3 aromatic rings. The van der Waals surface area contributed by atoms with E-state index in [2.05, 4.69) is 51.9 Å². The van der Waals surface area contributed by atoms with Crippen LogP contribution in [0.15, 0.2) is 78.9 Å². The van der Waals surface area contributed by atoms with Crippen molar-refractivity contribution in [2.24, 2.45) is 5.41 Å². The molecular formula is C34H39N3O5. The molecule has 220 valence electrons. The minimum atomic E-state index is -1.15. The number of rotatable bonds is 10. The van der Waals surface area contributed by atoms with E-state index in [0.29, 0.717) is 25.9 Å². The van der Waals surface area contributed by atoms with Crippen LogP contribution in [0.25, 0.3) is 11.1 Å². The van der Waals surface area contributed by atoms with Crippen molar-refractivity contribution in [3.05, 3.63) is 95.6 Å². The van der Waals surface area contributed by atoms with E-state index < -0.39 is 23.0 Å². The topological polar surface area (TPSA) is 108 Å². The van der Waals surface area contributed by atoms with Crippen LogP contribution in [0.3, 0.4) is 0 Å². The Morgan fingerprint density at radius 3 is 2.07 bits per heavy atom. The quantitative estimate of drug-likeness (QED) is 0.311. The number of likely N-dealkylation sites (tertiary alicyclic amines) is 1. The lowest BCUT2D eigenvalue weighted by Gasteiger charge is -2.41. The number of fused-ring (bicyclic) bond motifs is 3. The average Bonchev–Trinajstić information content (AvgIpc) is 3.31. The van der Waals surface area contributed by atoms with Crippen molar-refractivity contribution in [2.75, 3.05) is 26.2 Å². The highest BCUT2D eigenvalue weighted by atomic mass is 16.5. The Labute approximate surface area is 247 Å². The highest BCUT2D eigenvalue weighted by Gasteiger charge is 2.43.